The molecule has 0 radical (unpaired) electrons. The van der Waals surface area contributed by atoms with Gasteiger partial charge in [0, 0.05) is 62.6 Å². The summed E-state index contributed by atoms with van der Waals surface area (Å²) in [6.07, 6.45) is 0.204. The maximum Gasteiger partial charge on any atom is 1.00 e. The first-order chi connectivity index (χ1) is 14.9. The standard InChI is InChI=1S/C24H31N3O4.Na/c1-5-25(4)17-11-13-19-21(15-17)31-22-16-18(26(6-2)7-3)12-14-20(22)27(19)23(28)9-8-10-24(29)30;/h11-16H,5-10H2,1-4H3,(H,29,30);/q;+1/p-1. The number of benzene rings is 2. The fourth-order valence-electron chi connectivity index (χ4n) is 3.76. The van der Waals surface area contributed by atoms with Crippen LogP contribution in [0.5, 0.6) is 11.5 Å². The van der Waals surface area contributed by atoms with Crippen molar-refractivity contribution >= 4 is 34.6 Å². The van der Waals surface area contributed by atoms with Crippen molar-refractivity contribution in [2.75, 3.05) is 41.4 Å². The molecule has 0 saturated heterocycles. The Labute approximate surface area is 212 Å². The van der Waals surface area contributed by atoms with Gasteiger partial charge in [-0.2, -0.15) is 0 Å². The molecule has 0 atom stereocenters. The van der Waals surface area contributed by atoms with E-state index in [4.69, 9.17) is 4.74 Å². The molecule has 0 spiro atoms. The molecule has 0 aromatic heterocycles. The Hall–Kier alpha value is -2.22. The van der Waals surface area contributed by atoms with Gasteiger partial charge in [-0.1, -0.05) is 0 Å². The van der Waals surface area contributed by atoms with E-state index in [0.29, 0.717) is 22.9 Å². The number of aliphatic carboxylic acids is 1. The van der Waals surface area contributed by atoms with Crippen LogP contribution >= 0.6 is 0 Å². The third kappa shape index (κ3) is 5.57. The van der Waals surface area contributed by atoms with Crippen LogP contribution < -0.4 is 54.1 Å². The second-order valence-corrected chi connectivity index (χ2v) is 7.55. The monoisotopic (exact) mass is 447 g/mol. The fraction of sp³-hybridized carbons (Fsp3) is 0.417. The Morgan fingerprint density at radius 3 is 2.00 bits per heavy atom. The summed E-state index contributed by atoms with van der Waals surface area (Å²) in [4.78, 5) is 29.9. The number of rotatable bonds is 9. The van der Waals surface area contributed by atoms with Gasteiger partial charge in [-0.05, 0) is 57.9 Å². The minimum atomic E-state index is -1.15. The van der Waals surface area contributed by atoms with E-state index in [1.807, 2.05) is 43.4 Å². The minimum Gasteiger partial charge on any atom is -0.550 e. The second kappa shape index (κ2) is 11.6. The average Bonchev–Trinajstić information content (AvgIpc) is 2.76. The van der Waals surface area contributed by atoms with Crippen LogP contribution in [0.2, 0.25) is 0 Å². The van der Waals surface area contributed by atoms with Crippen LogP contribution in [0.25, 0.3) is 0 Å². The summed E-state index contributed by atoms with van der Waals surface area (Å²) in [6, 6.07) is 11.6. The van der Waals surface area contributed by atoms with E-state index in [-0.39, 0.29) is 54.7 Å². The van der Waals surface area contributed by atoms with E-state index in [0.717, 1.165) is 31.0 Å². The van der Waals surface area contributed by atoms with Gasteiger partial charge in [0.05, 0.1) is 11.4 Å². The van der Waals surface area contributed by atoms with E-state index in [2.05, 4.69) is 30.6 Å². The first-order valence-electron chi connectivity index (χ1n) is 10.8. The van der Waals surface area contributed by atoms with Crippen molar-refractivity contribution in [1.29, 1.82) is 0 Å². The van der Waals surface area contributed by atoms with E-state index < -0.39 is 5.97 Å². The Balaban J connectivity index is 0.00000363. The summed E-state index contributed by atoms with van der Waals surface area (Å²) in [6.45, 7) is 8.83. The number of carboxylic acid groups (broad SMARTS) is 1. The van der Waals surface area contributed by atoms with Crippen LogP contribution in [0.4, 0.5) is 22.7 Å². The molecule has 1 aliphatic heterocycles. The second-order valence-electron chi connectivity index (χ2n) is 7.55. The fourth-order valence-corrected chi connectivity index (χ4v) is 3.76. The molecular formula is C24H30N3NaO4. The first kappa shape index (κ1) is 26.0. The molecule has 1 amide bonds. The van der Waals surface area contributed by atoms with E-state index in [1.165, 1.54) is 0 Å². The minimum absolute atomic E-state index is 0. The molecule has 32 heavy (non-hydrogen) atoms. The normalized spacial score (nSPS) is 11.6. The number of fused-ring (bicyclic) bond motifs is 2. The predicted octanol–water partition coefficient (Wildman–Crippen LogP) is 0.683. The van der Waals surface area contributed by atoms with Crippen molar-refractivity contribution in [2.24, 2.45) is 0 Å². The SMILES string of the molecule is CCN(C)c1ccc2c(c1)Oc1cc(N(CC)CC)ccc1N2C(=O)CCCC(=O)[O-].[Na+]. The molecule has 1 aliphatic rings. The van der Waals surface area contributed by atoms with Crippen molar-refractivity contribution in [2.45, 2.75) is 40.0 Å². The summed E-state index contributed by atoms with van der Waals surface area (Å²) in [5, 5.41) is 10.8. The molecule has 1 heterocycles. The van der Waals surface area contributed by atoms with Gasteiger partial charge >= 0.3 is 29.6 Å². The Bertz CT molecular complexity index is 962. The predicted molar refractivity (Wildman–Crippen MR) is 121 cm³/mol. The maximum absolute atomic E-state index is 13.1. The van der Waals surface area contributed by atoms with Crippen molar-refractivity contribution in [3.63, 3.8) is 0 Å². The zero-order valence-corrected chi connectivity index (χ0v) is 21.7. The van der Waals surface area contributed by atoms with Gasteiger partial charge in [0.15, 0.2) is 11.5 Å². The van der Waals surface area contributed by atoms with Crippen LogP contribution in [0.3, 0.4) is 0 Å². The van der Waals surface area contributed by atoms with Gasteiger partial charge in [0.25, 0.3) is 0 Å². The van der Waals surface area contributed by atoms with Crippen LogP contribution in [-0.2, 0) is 9.59 Å². The van der Waals surface area contributed by atoms with Crippen molar-refractivity contribution in [3.8, 4) is 11.5 Å². The number of carboxylic acids is 1. The molecular weight excluding hydrogens is 417 g/mol. The third-order valence-corrected chi connectivity index (χ3v) is 5.65. The number of carbonyl (C=O) groups excluding carboxylic acids is 2. The van der Waals surface area contributed by atoms with Crippen LogP contribution in [0, 0.1) is 0 Å². The van der Waals surface area contributed by atoms with Crippen molar-refractivity contribution in [3.05, 3.63) is 36.4 Å². The quantitative estimate of drug-likeness (QED) is 0.527. The van der Waals surface area contributed by atoms with Gasteiger partial charge in [-0.15, -0.1) is 0 Å². The van der Waals surface area contributed by atoms with Gasteiger partial charge < -0.3 is 24.4 Å². The zero-order chi connectivity index (χ0) is 22.5. The summed E-state index contributed by atoms with van der Waals surface area (Å²) < 4.78 is 6.26. The summed E-state index contributed by atoms with van der Waals surface area (Å²) in [5.74, 6) is -0.0948. The molecule has 2 aromatic carbocycles. The van der Waals surface area contributed by atoms with Crippen molar-refractivity contribution in [1.82, 2.24) is 0 Å². The molecule has 0 aliphatic carbocycles. The molecule has 0 N–H and O–H groups in total. The van der Waals surface area contributed by atoms with Crippen LogP contribution in [0.1, 0.15) is 40.0 Å². The first-order valence-corrected chi connectivity index (χ1v) is 10.8. The molecule has 2 aromatic rings. The van der Waals surface area contributed by atoms with Crippen molar-refractivity contribution < 1.29 is 49.0 Å². The van der Waals surface area contributed by atoms with E-state index in [9.17, 15) is 14.7 Å². The zero-order valence-electron chi connectivity index (χ0n) is 19.7. The number of hydrogen-bond acceptors (Lipinski definition) is 6. The molecule has 166 valence electrons. The number of amides is 1. The van der Waals surface area contributed by atoms with E-state index in [1.54, 1.807) is 4.90 Å². The summed E-state index contributed by atoms with van der Waals surface area (Å²) in [7, 11) is 2.00. The van der Waals surface area contributed by atoms with Crippen LogP contribution in [0.15, 0.2) is 36.4 Å². The number of anilines is 4. The summed E-state index contributed by atoms with van der Waals surface area (Å²) >= 11 is 0. The molecule has 0 fully saturated rings. The van der Waals surface area contributed by atoms with Gasteiger partial charge in [-0.25, -0.2) is 0 Å². The number of carbonyl (C=O) groups is 2. The molecule has 7 nitrogen and oxygen atoms in total. The number of ether oxygens (including phenoxy) is 1. The Kier molecular flexibility index (Phi) is 9.43. The third-order valence-electron chi connectivity index (χ3n) is 5.65. The van der Waals surface area contributed by atoms with Gasteiger partial charge in [0.2, 0.25) is 5.91 Å². The topological polar surface area (TPSA) is 76.2 Å². The van der Waals surface area contributed by atoms with E-state index >= 15 is 0 Å². The molecule has 3 rings (SSSR count). The van der Waals surface area contributed by atoms with Crippen LogP contribution in [-0.4, -0.2) is 38.6 Å². The van der Waals surface area contributed by atoms with Gasteiger partial charge in [0.1, 0.15) is 0 Å². The Morgan fingerprint density at radius 1 is 0.906 bits per heavy atom. The number of hydrogen-bond donors (Lipinski definition) is 0. The molecule has 0 saturated carbocycles. The maximum atomic E-state index is 13.1. The largest absolute Gasteiger partial charge is 1.00 e. The summed E-state index contributed by atoms with van der Waals surface area (Å²) in [5.41, 5.74) is 3.35. The smallest absolute Gasteiger partial charge is 0.550 e. The Morgan fingerprint density at radius 2 is 1.47 bits per heavy atom. The molecule has 8 heteroatoms. The average molecular weight is 448 g/mol. The number of nitrogens with zero attached hydrogens (tertiary/aromatic N) is 3. The van der Waals surface area contributed by atoms with Gasteiger partial charge in [-0.3, -0.25) is 9.69 Å². The molecule has 0 unspecified atom stereocenters. The molecule has 0 bridgehead atoms.